The van der Waals surface area contributed by atoms with Gasteiger partial charge in [0.25, 0.3) is 5.56 Å². The molecule has 0 aliphatic heterocycles. The number of allylic oxidation sites excluding steroid dienone is 3. The van der Waals surface area contributed by atoms with Crippen LogP contribution in [-0.2, 0) is 4.79 Å². The van der Waals surface area contributed by atoms with Crippen LogP contribution in [0.5, 0.6) is 0 Å². The van der Waals surface area contributed by atoms with Crippen LogP contribution >= 0.6 is 0 Å². The lowest BCUT2D eigenvalue weighted by Gasteiger charge is -1.98. The molecule has 6 heteroatoms. The lowest BCUT2D eigenvalue weighted by molar-refractivity contribution is -0.111. The fourth-order valence-electron chi connectivity index (χ4n) is 0.931. The second-order valence-electron chi connectivity index (χ2n) is 2.86. The van der Waals surface area contributed by atoms with Crippen LogP contribution in [-0.4, -0.2) is 15.9 Å². The minimum atomic E-state index is -0.642. The van der Waals surface area contributed by atoms with Gasteiger partial charge in [-0.1, -0.05) is 18.2 Å². The van der Waals surface area contributed by atoms with Gasteiger partial charge in [0.2, 0.25) is 5.91 Å². The minimum absolute atomic E-state index is 0.00488. The SMILES string of the molecule is C/C=C/C=C/C(=O)Nc1c[nH]c(=O)[nH]c1=O. The summed E-state index contributed by atoms with van der Waals surface area (Å²) in [5.41, 5.74) is -1.27. The summed E-state index contributed by atoms with van der Waals surface area (Å²) in [6.45, 7) is 1.81. The number of hydrogen-bond acceptors (Lipinski definition) is 3. The largest absolute Gasteiger partial charge is 0.325 e. The highest BCUT2D eigenvalue weighted by molar-refractivity contribution is 5.99. The van der Waals surface area contributed by atoms with Gasteiger partial charge in [0.1, 0.15) is 5.69 Å². The summed E-state index contributed by atoms with van der Waals surface area (Å²) in [4.78, 5) is 37.4. The van der Waals surface area contributed by atoms with Crippen LogP contribution in [0.15, 0.2) is 40.1 Å². The Balaban J connectivity index is 2.78. The van der Waals surface area contributed by atoms with Crippen molar-refractivity contribution in [2.45, 2.75) is 6.92 Å². The summed E-state index contributed by atoms with van der Waals surface area (Å²) in [7, 11) is 0. The fraction of sp³-hybridized carbons (Fsp3) is 0.100. The van der Waals surface area contributed by atoms with Crippen molar-refractivity contribution in [2.24, 2.45) is 0 Å². The van der Waals surface area contributed by atoms with Crippen LogP contribution in [0.1, 0.15) is 6.92 Å². The Hall–Kier alpha value is -2.37. The number of nitrogens with one attached hydrogen (secondary N) is 3. The van der Waals surface area contributed by atoms with Gasteiger partial charge >= 0.3 is 5.69 Å². The predicted molar refractivity (Wildman–Crippen MR) is 60.3 cm³/mol. The molecule has 0 fully saturated rings. The maximum Gasteiger partial charge on any atom is 0.325 e. The Bertz CT molecular complexity index is 537. The lowest BCUT2D eigenvalue weighted by Crippen LogP contribution is -2.25. The van der Waals surface area contributed by atoms with Crippen LogP contribution in [0.2, 0.25) is 0 Å². The van der Waals surface area contributed by atoms with Crippen molar-refractivity contribution in [3.05, 3.63) is 51.3 Å². The van der Waals surface area contributed by atoms with E-state index in [1.807, 2.05) is 11.9 Å². The van der Waals surface area contributed by atoms with Gasteiger partial charge in [-0.2, -0.15) is 0 Å². The second-order valence-corrected chi connectivity index (χ2v) is 2.86. The Morgan fingerprint density at radius 3 is 2.75 bits per heavy atom. The van der Waals surface area contributed by atoms with Crippen LogP contribution < -0.4 is 16.6 Å². The third kappa shape index (κ3) is 3.41. The van der Waals surface area contributed by atoms with Crippen molar-refractivity contribution in [3.63, 3.8) is 0 Å². The van der Waals surface area contributed by atoms with Gasteiger partial charge in [-0.05, 0) is 6.92 Å². The molecule has 84 valence electrons. The molecular formula is C10H11N3O3. The molecule has 0 spiro atoms. The monoisotopic (exact) mass is 221 g/mol. The molecule has 1 heterocycles. The Morgan fingerprint density at radius 2 is 2.12 bits per heavy atom. The minimum Gasteiger partial charge on any atom is -0.317 e. The number of carbonyl (C=O) groups excluding carboxylic acids is 1. The quantitative estimate of drug-likeness (QED) is 0.500. The Kier molecular flexibility index (Phi) is 4.02. The van der Waals surface area contributed by atoms with Gasteiger partial charge < -0.3 is 10.3 Å². The third-order valence-electron chi connectivity index (χ3n) is 1.63. The molecule has 1 aromatic heterocycles. The van der Waals surface area contributed by atoms with Gasteiger partial charge in [0.05, 0.1) is 0 Å². The molecule has 0 aromatic carbocycles. The number of rotatable bonds is 3. The molecule has 0 saturated carbocycles. The number of H-pyrrole nitrogens is 2. The van der Waals surface area contributed by atoms with E-state index in [0.29, 0.717) is 0 Å². The van der Waals surface area contributed by atoms with Crippen molar-refractivity contribution in [1.82, 2.24) is 9.97 Å². The standard InChI is InChI=1S/C10H11N3O3/c1-2-3-4-5-8(14)12-7-6-11-10(16)13-9(7)15/h2-6H,1H3,(H,12,14)(H2,11,13,15,16)/b3-2+,5-4+. The van der Waals surface area contributed by atoms with Crippen molar-refractivity contribution in [1.29, 1.82) is 0 Å². The summed E-state index contributed by atoms with van der Waals surface area (Å²) in [6.07, 6.45) is 7.38. The summed E-state index contributed by atoms with van der Waals surface area (Å²) in [6, 6.07) is 0. The van der Waals surface area contributed by atoms with Crippen LogP contribution in [0.3, 0.4) is 0 Å². The van der Waals surface area contributed by atoms with Crippen molar-refractivity contribution < 1.29 is 4.79 Å². The molecule has 0 radical (unpaired) electrons. The molecule has 0 aliphatic rings. The smallest absolute Gasteiger partial charge is 0.317 e. The molecule has 0 saturated heterocycles. The van der Waals surface area contributed by atoms with E-state index >= 15 is 0 Å². The average molecular weight is 221 g/mol. The lowest BCUT2D eigenvalue weighted by atomic mass is 10.4. The van der Waals surface area contributed by atoms with Crippen LogP contribution in [0.4, 0.5) is 5.69 Å². The molecule has 1 amide bonds. The van der Waals surface area contributed by atoms with E-state index in [-0.39, 0.29) is 5.69 Å². The molecule has 0 atom stereocenters. The van der Waals surface area contributed by atoms with E-state index in [1.54, 1.807) is 12.2 Å². The van der Waals surface area contributed by atoms with Gasteiger partial charge in [-0.15, -0.1) is 0 Å². The van der Waals surface area contributed by atoms with Crippen LogP contribution in [0.25, 0.3) is 0 Å². The molecule has 3 N–H and O–H groups in total. The highest BCUT2D eigenvalue weighted by atomic mass is 16.2. The first-order chi connectivity index (χ1) is 7.63. The predicted octanol–water partition coefficient (Wildman–Crippen LogP) is 0.134. The first-order valence-electron chi connectivity index (χ1n) is 4.56. The maximum absolute atomic E-state index is 11.2. The molecule has 0 aliphatic carbocycles. The number of carbonyl (C=O) groups is 1. The maximum atomic E-state index is 11.2. The van der Waals surface area contributed by atoms with Gasteiger partial charge in [-0.25, -0.2) is 4.79 Å². The topological polar surface area (TPSA) is 94.8 Å². The fourth-order valence-corrected chi connectivity index (χ4v) is 0.931. The number of anilines is 1. The van der Waals surface area contributed by atoms with Crippen LogP contribution in [0, 0.1) is 0 Å². The number of aromatic amines is 2. The third-order valence-corrected chi connectivity index (χ3v) is 1.63. The second kappa shape index (κ2) is 5.50. The summed E-state index contributed by atoms with van der Waals surface area (Å²) in [5.74, 6) is -0.448. The molecule has 0 unspecified atom stereocenters. The zero-order valence-electron chi connectivity index (χ0n) is 8.61. The number of aromatic nitrogens is 2. The van der Waals surface area contributed by atoms with Crippen molar-refractivity contribution >= 4 is 11.6 Å². The van der Waals surface area contributed by atoms with Crippen molar-refractivity contribution in [2.75, 3.05) is 5.32 Å². The van der Waals surface area contributed by atoms with E-state index in [9.17, 15) is 14.4 Å². The Morgan fingerprint density at radius 1 is 1.38 bits per heavy atom. The highest BCUT2D eigenvalue weighted by Crippen LogP contribution is 1.92. The molecule has 0 bridgehead atoms. The zero-order valence-corrected chi connectivity index (χ0v) is 8.61. The van der Waals surface area contributed by atoms with Crippen molar-refractivity contribution in [3.8, 4) is 0 Å². The van der Waals surface area contributed by atoms with E-state index in [2.05, 4.69) is 10.3 Å². The number of hydrogen-bond donors (Lipinski definition) is 3. The van der Waals surface area contributed by atoms with E-state index in [4.69, 9.17) is 0 Å². The molecular weight excluding hydrogens is 210 g/mol. The summed E-state index contributed by atoms with van der Waals surface area (Å²) in [5, 5.41) is 2.32. The molecule has 1 aromatic rings. The first-order valence-corrected chi connectivity index (χ1v) is 4.56. The van der Waals surface area contributed by atoms with Gasteiger partial charge in [-0.3, -0.25) is 14.6 Å². The summed E-state index contributed by atoms with van der Waals surface area (Å²) < 4.78 is 0. The zero-order chi connectivity index (χ0) is 12.0. The van der Waals surface area contributed by atoms with E-state index in [0.717, 1.165) is 6.20 Å². The molecule has 6 nitrogen and oxygen atoms in total. The molecule has 1 rings (SSSR count). The Labute approximate surface area is 90.7 Å². The average Bonchev–Trinajstić information content (AvgIpc) is 2.23. The normalized spacial score (nSPS) is 11.1. The first kappa shape index (κ1) is 11.7. The highest BCUT2D eigenvalue weighted by Gasteiger charge is 2.02. The summed E-state index contributed by atoms with van der Waals surface area (Å²) >= 11 is 0. The van der Waals surface area contributed by atoms with Gasteiger partial charge in [0.15, 0.2) is 0 Å². The van der Waals surface area contributed by atoms with E-state index in [1.165, 1.54) is 12.2 Å². The molecule has 16 heavy (non-hydrogen) atoms. The van der Waals surface area contributed by atoms with Gasteiger partial charge in [0, 0.05) is 12.3 Å². The van der Waals surface area contributed by atoms with E-state index < -0.39 is 17.2 Å². The number of amides is 1.